The molecule has 1 aromatic carbocycles. The van der Waals surface area contributed by atoms with Gasteiger partial charge in [0.2, 0.25) is 11.7 Å². The van der Waals surface area contributed by atoms with Crippen LogP contribution in [0.3, 0.4) is 0 Å². The molecule has 0 fully saturated rings. The number of nitrogens with zero attached hydrogens (tertiary/aromatic N) is 3. The van der Waals surface area contributed by atoms with Crippen molar-refractivity contribution in [1.29, 1.82) is 0 Å². The molecule has 2 rings (SSSR count). The molecule has 2 aromatic rings. The molecular formula is C14H21ClFN7O3S. The monoisotopic (exact) mass is 421 g/mol. The summed E-state index contributed by atoms with van der Waals surface area (Å²) in [5.41, 5.74) is 0.496. The standard InChI is InChI=1S/C14H21ClFN7O3S/c1-17-27(25,18-2)7-3-6-19-13-12(22-26-23-13)14(21-24)20-9-4-5-11(16)10(15)8-9/h4-5,8,24,27H,3,6-7H2,1-2H3,(H,19,23)(H,20,21)(H2,17,18,25). The largest absolute Gasteiger partial charge is 0.409 e. The molecule has 0 aliphatic heterocycles. The average Bonchev–Trinajstić information content (AvgIpc) is 3.14. The fourth-order valence-corrected chi connectivity index (χ4v) is 3.60. The van der Waals surface area contributed by atoms with E-state index in [1.54, 1.807) is 14.1 Å². The summed E-state index contributed by atoms with van der Waals surface area (Å²) in [6.07, 6.45) is 0.567. The summed E-state index contributed by atoms with van der Waals surface area (Å²) in [5.74, 6) is 0.00124. The number of thiol groups is 1. The van der Waals surface area contributed by atoms with E-state index in [0.29, 0.717) is 24.4 Å². The molecule has 5 N–H and O–H groups in total. The van der Waals surface area contributed by atoms with Crippen LogP contribution in [0.2, 0.25) is 5.02 Å². The molecule has 0 saturated heterocycles. The molecule has 1 aromatic heterocycles. The van der Waals surface area contributed by atoms with Gasteiger partial charge < -0.3 is 15.8 Å². The molecule has 13 heteroatoms. The third-order valence-electron chi connectivity index (χ3n) is 3.66. The number of nitrogens with one attached hydrogen (secondary N) is 4. The minimum atomic E-state index is -2.60. The summed E-state index contributed by atoms with van der Waals surface area (Å²) in [6.45, 7) is 0.426. The molecule has 0 amide bonds. The molecule has 1 heterocycles. The first-order valence-corrected chi connectivity index (χ1v) is 10.2. The van der Waals surface area contributed by atoms with Gasteiger partial charge in [0, 0.05) is 18.0 Å². The second-order valence-electron chi connectivity index (χ2n) is 5.35. The van der Waals surface area contributed by atoms with E-state index in [0.717, 1.165) is 0 Å². The van der Waals surface area contributed by atoms with Crippen molar-refractivity contribution in [2.24, 2.45) is 5.16 Å². The quantitative estimate of drug-likeness (QED) is 0.0893. The Morgan fingerprint density at radius 3 is 2.74 bits per heavy atom. The lowest BCUT2D eigenvalue weighted by molar-refractivity contribution is 0.305. The number of halogens is 2. The summed E-state index contributed by atoms with van der Waals surface area (Å²) in [5, 5.41) is 25.5. The van der Waals surface area contributed by atoms with Crippen molar-refractivity contribution in [1.82, 2.24) is 19.8 Å². The molecule has 0 saturated carbocycles. The molecule has 27 heavy (non-hydrogen) atoms. The van der Waals surface area contributed by atoms with Gasteiger partial charge in [0.1, 0.15) is 5.82 Å². The predicted octanol–water partition coefficient (Wildman–Crippen LogP) is 1.20. The molecule has 0 aliphatic rings. The van der Waals surface area contributed by atoms with Crippen molar-refractivity contribution in [3.8, 4) is 0 Å². The minimum Gasteiger partial charge on any atom is -0.409 e. The van der Waals surface area contributed by atoms with Gasteiger partial charge in [-0.2, -0.15) is 0 Å². The Hall–Kier alpha value is -2.28. The van der Waals surface area contributed by atoms with Crippen molar-refractivity contribution >= 4 is 39.2 Å². The van der Waals surface area contributed by atoms with E-state index >= 15 is 0 Å². The number of hydrogen-bond acceptors (Lipinski definition) is 7. The highest BCUT2D eigenvalue weighted by atomic mass is 35.5. The Bertz CT molecular complexity index is 840. The van der Waals surface area contributed by atoms with E-state index in [4.69, 9.17) is 11.6 Å². The van der Waals surface area contributed by atoms with Gasteiger partial charge >= 0.3 is 0 Å². The first-order valence-electron chi connectivity index (χ1n) is 7.90. The molecule has 0 radical (unpaired) electrons. The molecule has 10 nitrogen and oxygen atoms in total. The zero-order chi connectivity index (χ0) is 19.9. The number of aromatic nitrogens is 2. The average molecular weight is 422 g/mol. The van der Waals surface area contributed by atoms with Crippen LogP contribution in [-0.4, -0.2) is 52.0 Å². The van der Waals surface area contributed by atoms with E-state index in [9.17, 15) is 13.8 Å². The second kappa shape index (κ2) is 9.60. The minimum absolute atomic E-state index is 0.0717. The first kappa shape index (κ1) is 21.0. The topological polar surface area (TPSA) is 137 Å². The van der Waals surface area contributed by atoms with Crippen LogP contribution >= 0.6 is 11.6 Å². The zero-order valence-electron chi connectivity index (χ0n) is 14.7. The molecule has 0 atom stereocenters. The predicted molar refractivity (Wildman–Crippen MR) is 103 cm³/mol. The molecular weight excluding hydrogens is 401 g/mol. The van der Waals surface area contributed by atoms with Crippen molar-refractivity contribution in [2.75, 3.05) is 37.0 Å². The lowest BCUT2D eigenvalue weighted by Crippen LogP contribution is -2.42. The van der Waals surface area contributed by atoms with Crippen LogP contribution in [0, 0.1) is 5.82 Å². The maximum absolute atomic E-state index is 13.2. The first-order chi connectivity index (χ1) is 12.9. The smallest absolute Gasteiger partial charge is 0.203 e. The Morgan fingerprint density at radius 2 is 2.11 bits per heavy atom. The SMILES string of the molecule is CN[SH](=O)(CCCNc1nonc1/C(=N/O)Nc1ccc(F)c(Cl)c1)NC. The van der Waals surface area contributed by atoms with Gasteiger partial charge in [-0.05, 0) is 59.3 Å². The van der Waals surface area contributed by atoms with Gasteiger partial charge in [0.25, 0.3) is 0 Å². The van der Waals surface area contributed by atoms with Gasteiger partial charge in [-0.25, -0.2) is 9.02 Å². The maximum atomic E-state index is 13.2. The summed E-state index contributed by atoms with van der Waals surface area (Å²) in [6, 6.07) is 3.91. The van der Waals surface area contributed by atoms with Crippen molar-refractivity contribution in [3.05, 3.63) is 34.7 Å². The number of anilines is 2. The fraction of sp³-hybridized carbons (Fsp3) is 0.357. The number of benzene rings is 1. The van der Waals surface area contributed by atoms with Gasteiger partial charge in [-0.3, -0.25) is 13.7 Å². The van der Waals surface area contributed by atoms with Gasteiger partial charge in [-0.15, -0.1) is 0 Å². The van der Waals surface area contributed by atoms with Crippen LogP contribution in [0.25, 0.3) is 0 Å². The molecule has 0 unspecified atom stereocenters. The third kappa shape index (κ3) is 5.60. The summed E-state index contributed by atoms with van der Waals surface area (Å²) in [4.78, 5) is 0. The van der Waals surface area contributed by atoms with E-state index < -0.39 is 16.1 Å². The highest BCUT2D eigenvalue weighted by molar-refractivity contribution is 7.99. The number of amidine groups is 1. The van der Waals surface area contributed by atoms with Crippen LogP contribution in [0.15, 0.2) is 28.0 Å². The zero-order valence-corrected chi connectivity index (χ0v) is 16.3. The van der Waals surface area contributed by atoms with Gasteiger partial charge in [-0.1, -0.05) is 16.8 Å². The van der Waals surface area contributed by atoms with Crippen LogP contribution in [0.5, 0.6) is 0 Å². The van der Waals surface area contributed by atoms with Crippen LogP contribution in [-0.2, 0) is 10.3 Å². The molecule has 0 aliphatic carbocycles. The Morgan fingerprint density at radius 1 is 1.37 bits per heavy atom. The van der Waals surface area contributed by atoms with Crippen molar-refractivity contribution in [2.45, 2.75) is 6.42 Å². The van der Waals surface area contributed by atoms with Gasteiger partial charge in [0.15, 0.2) is 5.69 Å². The molecule has 0 spiro atoms. The summed E-state index contributed by atoms with van der Waals surface area (Å²) >= 11 is 5.73. The normalized spacial score (nSPS) is 12.8. The van der Waals surface area contributed by atoms with E-state index in [1.165, 1.54) is 18.2 Å². The summed E-state index contributed by atoms with van der Waals surface area (Å²) in [7, 11) is 0.656. The number of oxime groups is 1. The Kier molecular flexibility index (Phi) is 7.47. The van der Waals surface area contributed by atoms with E-state index in [1.807, 2.05) is 0 Å². The Labute approximate surface area is 161 Å². The number of hydrogen-bond donors (Lipinski definition) is 6. The van der Waals surface area contributed by atoms with Crippen molar-refractivity contribution < 1.29 is 18.4 Å². The third-order valence-corrected chi connectivity index (χ3v) is 6.34. The lowest BCUT2D eigenvalue weighted by atomic mass is 10.3. The Balaban J connectivity index is 2.01. The van der Waals surface area contributed by atoms with E-state index in [2.05, 4.69) is 40.2 Å². The highest BCUT2D eigenvalue weighted by Crippen LogP contribution is 2.21. The number of rotatable bonds is 9. The van der Waals surface area contributed by atoms with E-state index in [-0.39, 0.29) is 22.4 Å². The van der Waals surface area contributed by atoms with Gasteiger partial charge in [0.05, 0.1) is 5.02 Å². The second-order valence-corrected chi connectivity index (χ2v) is 8.58. The fourth-order valence-electron chi connectivity index (χ4n) is 2.15. The summed E-state index contributed by atoms with van der Waals surface area (Å²) < 4.78 is 35.7. The van der Waals surface area contributed by atoms with Crippen LogP contribution in [0.1, 0.15) is 12.1 Å². The molecule has 150 valence electrons. The van der Waals surface area contributed by atoms with Crippen molar-refractivity contribution in [3.63, 3.8) is 0 Å². The van der Waals surface area contributed by atoms with Crippen LogP contribution < -0.4 is 20.1 Å². The van der Waals surface area contributed by atoms with Crippen LogP contribution in [0.4, 0.5) is 15.9 Å². The highest BCUT2D eigenvalue weighted by Gasteiger charge is 2.18. The maximum Gasteiger partial charge on any atom is 0.203 e. The molecule has 0 bridgehead atoms. The lowest BCUT2D eigenvalue weighted by Gasteiger charge is -2.22.